The Labute approximate surface area is 157 Å². The highest BCUT2D eigenvalue weighted by atomic mass is 16.5. The average Bonchev–Trinajstić information content (AvgIpc) is 3.17. The standard InChI is InChI=1S/C20H22N2O5/c23-17(22-20(25)21-15-9-5-2-6-10-15)13-27-19(24)18-16(11-12-26-18)14-7-3-1-4-8-14/h1,3-4,7-8,11-12,15H,2,5-6,9-10,13H2,(H2,21,22,23,25). The SMILES string of the molecule is O=C(COC(=O)c1occc1-c1ccccc1)NC(=O)NC1CCCCC1. The number of hydrogen-bond donors (Lipinski definition) is 2. The normalized spacial score (nSPS) is 14.4. The highest BCUT2D eigenvalue weighted by Crippen LogP contribution is 2.25. The third-order valence-corrected chi connectivity index (χ3v) is 4.46. The molecular weight excluding hydrogens is 348 g/mol. The lowest BCUT2D eigenvalue weighted by molar-refractivity contribution is -0.123. The van der Waals surface area contributed by atoms with Crippen LogP contribution in [0.15, 0.2) is 47.1 Å². The Balaban J connectivity index is 1.48. The molecule has 0 aliphatic heterocycles. The molecule has 3 amide bonds. The van der Waals surface area contributed by atoms with Gasteiger partial charge in [0.15, 0.2) is 6.61 Å². The van der Waals surface area contributed by atoms with Gasteiger partial charge in [0.2, 0.25) is 5.76 Å². The summed E-state index contributed by atoms with van der Waals surface area (Å²) in [6, 6.07) is 10.4. The summed E-state index contributed by atoms with van der Waals surface area (Å²) in [6.07, 6.45) is 6.53. The lowest BCUT2D eigenvalue weighted by Crippen LogP contribution is -2.46. The molecule has 7 heteroatoms. The molecule has 3 rings (SSSR count). The summed E-state index contributed by atoms with van der Waals surface area (Å²) in [5.41, 5.74) is 1.38. The summed E-state index contributed by atoms with van der Waals surface area (Å²) in [7, 11) is 0. The van der Waals surface area contributed by atoms with Gasteiger partial charge in [-0.2, -0.15) is 0 Å². The molecule has 142 valence electrons. The molecule has 1 aliphatic rings. The molecule has 2 aromatic rings. The van der Waals surface area contributed by atoms with Crippen LogP contribution in [0.2, 0.25) is 0 Å². The van der Waals surface area contributed by atoms with E-state index in [1.807, 2.05) is 30.3 Å². The van der Waals surface area contributed by atoms with Crippen molar-refractivity contribution in [1.29, 1.82) is 0 Å². The van der Waals surface area contributed by atoms with Crippen LogP contribution in [0.3, 0.4) is 0 Å². The van der Waals surface area contributed by atoms with Gasteiger partial charge >= 0.3 is 12.0 Å². The van der Waals surface area contributed by atoms with Crippen LogP contribution in [0.4, 0.5) is 4.79 Å². The second kappa shape index (κ2) is 9.02. The molecule has 1 heterocycles. The molecule has 0 atom stereocenters. The van der Waals surface area contributed by atoms with E-state index in [0.29, 0.717) is 5.56 Å². The number of imide groups is 1. The highest BCUT2D eigenvalue weighted by molar-refractivity contribution is 5.98. The average molecular weight is 370 g/mol. The van der Waals surface area contributed by atoms with Gasteiger partial charge in [0.05, 0.1) is 6.26 Å². The fourth-order valence-corrected chi connectivity index (χ4v) is 3.14. The third kappa shape index (κ3) is 5.20. The van der Waals surface area contributed by atoms with Crippen molar-refractivity contribution < 1.29 is 23.5 Å². The van der Waals surface area contributed by atoms with Crippen molar-refractivity contribution >= 4 is 17.9 Å². The second-order valence-corrected chi connectivity index (χ2v) is 6.46. The Morgan fingerprint density at radius 2 is 1.78 bits per heavy atom. The fourth-order valence-electron chi connectivity index (χ4n) is 3.14. The quantitative estimate of drug-likeness (QED) is 0.787. The molecule has 1 aromatic carbocycles. The number of amides is 3. The van der Waals surface area contributed by atoms with Gasteiger partial charge in [0.1, 0.15) is 0 Å². The molecule has 7 nitrogen and oxygen atoms in total. The minimum absolute atomic E-state index is 0.0145. The van der Waals surface area contributed by atoms with Gasteiger partial charge in [-0.15, -0.1) is 0 Å². The molecule has 1 aliphatic carbocycles. The van der Waals surface area contributed by atoms with Crippen LogP contribution < -0.4 is 10.6 Å². The molecular formula is C20H22N2O5. The molecule has 1 fully saturated rings. The first-order valence-electron chi connectivity index (χ1n) is 9.04. The maximum absolute atomic E-state index is 12.2. The van der Waals surface area contributed by atoms with Crippen LogP contribution in [0.1, 0.15) is 42.7 Å². The zero-order valence-corrected chi connectivity index (χ0v) is 14.9. The van der Waals surface area contributed by atoms with E-state index in [-0.39, 0.29) is 11.8 Å². The molecule has 0 spiro atoms. The largest absolute Gasteiger partial charge is 0.457 e. The summed E-state index contributed by atoms with van der Waals surface area (Å²) in [5.74, 6) is -1.44. The summed E-state index contributed by atoms with van der Waals surface area (Å²) in [6.45, 7) is -0.564. The first-order chi connectivity index (χ1) is 13.1. The molecule has 1 aromatic heterocycles. The lowest BCUT2D eigenvalue weighted by atomic mass is 9.96. The highest BCUT2D eigenvalue weighted by Gasteiger charge is 2.21. The number of carbonyl (C=O) groups is 3. The molecule has 1 saturated carbocycles. The Morgan fingerprint density at radius 1 is 1.04 bits per heavy atom. The number of benzene rings is 1. The Hall–Kier alpha value is -3.09. The number of hydrogen-bond acceptors (Lipinski definition) is 5. The Bertz CT molecular complexity index is 794. The first kappa shape index (κ1) is 18.7. The molecule has 27 heavy (non-hydrogen) atoms. The van der Waals surface area contributed by atoms with Gasteiger partial charge in [-0.25, -0.2) is 9.59 Å². The predicted molar refractivity (Wildman–Crippen MR) is 98.0 cm³/mol. The maximum atomic E-state index is 12.2. The second-order valence-electron chi connectivity index (χ2n) is 6.46. The van der Waals surface area contributed by atoms with Crippen LogP contribution in [0.25, 0.3) is 11.1 Å². The maximum Gasteiger partial charge on any atom is 0.375 e. The monoisotopic (exact) mass is 370 g/mol. The number of carbonyl (C=O) groups excluding carboxylic acids is 3. The third-order valence-electron chi connectivity index (χ3n) is 4.46. The van der Waals surface area contributed by atoms with Gasteiger partial charge < -0.3 is 14.5 Å². The van der Waals surface area contributed by atoms with E-state index in [0.717, 1.165) is 31.2 Å². The van der Waals surface area contributed by atoms with Gasteiger partial charge in [0.25, 0.3) is 5.91 Å². The van der Waals surface area contributed by atoms with Crippen molar-refractivity contribution in [3.63, 3.8) is 0 Å². The van der Waals surface area contributed by atoms with E-state index >= 15 is 0 Å². The minimum atomic E-state index is -0.762. The van der Waals surface area contributed by atoms with Gasteiger partial charge in [0, 0.05) is 11.6 Å². The van der Waals surface area contributed by atoms with Crippen LogP contribution in [0.5, 0.6) is 0 Å². The van der Waals surface area contributed by atoms with Gasteiger partial charge in [-0.3, -0.25) is 10.1 Å². The van der Waals surface area contributed by atoms with Crippen LogP contribution >= 0.6 is 0 Å². The lowest BCUT2D eigenvalue weighted by Gasteiger charge is -2.22. The van der Waals surface area contributed by atoms with Crippen molar-refractivity contribution in [2.75, 3.05) is 6.61 Å². The van der Waals surface area contributed by atoms with E-state index < -0.39 is 24.5 Å². The molecule has 0 bridgehead atoms. The zero-order chi connectivity index (χ0) is 19.1. The Kier molecular flexibility index (Phi) is 6.25. The van der Waals surface area contributed by atoms with E-state index in [1.54, 1.807) is 6.07 Å². The van der Waals surface area contributed by atoms with Gasteiger partial charge in [-0.05, 0) is 24.5 Å². The summed E-state index contributed by atoms with van der Waals surface area (Å²) < 4.78 is 10.2. The van der Waals surface area contributed by atoms with E-state index in [2.05, 4.69) is 10.6 Å². The first-order valence-corrected chi connectivity index (χ1v) is 9.04. The van der Waals surface area contributed by atoms with Crippen molar-refractivity contribution in [3.05, 3.63) is 48.4 Å². The molecule has 0 saturated heterocycles. The van der Waals surface area contributed by atoms with Crippen molar-refractivity contribution in [3.8, 4) is 11.1 Å². The number of esters is 1. The van der Waals surface area contributed by atoms with Crippen LogP contribution in [-0.2, 0) is 9.53 Å². The molecule has 0 unspecified atom stereocenters. The van der Waals surface area contributed by atoms with E-state index in [1.165, 1.54) is 12.7 Å². The Morgan fingerprint density at radius 3 is 2.52 bits per heavy atom. The summed E-state index contributed by atoms with van der Waals surface area (Å²) in [5, 5.41) is 4.94. The predicted octanol–water partition coefficient (Wildman–Crippen LogP) is 3.26. The topological polar surface area (TPSA) is 97.6 Å². The fraction of sp³-hybridized carbons (Fsp3) is 0.350. The van der Waals surface area contributed by atoms with E-state index in [4.69, 9.17) is 9.15 Å². The van der Waals surface area contributed by atoms with E-state index in [9.17, 15) is 14.4 Å². The number of rotatable bonds is 5. The van der Waals surface area contributed by atoms with Crippen molar-refractivity contribution in [1.82, 2.24) is 10.6 Å². The summed E-state index contributed by atoms with van der Waals surface area (Å²) in [4.78, 5) is 35.9. The van der Waals surface area contributed by atoms with Crippen LogP contribution in [-0.4, -0.2) is 30.6 Å². The number of ether oxygens (including phenoxy) is 1. The zero-order valence-electron chi connectivity index (χ0n) is 14.9. The smallest absolute Gasteiger partial charge is 0.375 e. The molecule has 0 radical (unpaired) electrons. The number of nitrogens with one attached hydrogen (secondary N) is 2. The van der Waals surface area contributed by atoms with Crippen molar-refractivity contribution in [2.24, 2.45) is 0 Å². The van der Waals surface area contributed by atoms with Gasteiger partial charge in [-0.1, -0.05) is 49.6 Å². The number of furan rings is 1. The molecule has 2 N–H and O–H groups in total. The van der Waals surface area contributed by atoms with Crippen LogP contribution in [0, 0.1) is 0 Å². The minimum Gasteiger partial charge on any atom is -0.457 e. The van der Waals surface area contributed by atoms with Crippen molar-refractivity contribution in [2.45, 2.75) is 38.1 Å². The number of urea groups is 1. The summed E-state index contributed by atoms with van der Waals surface area (Å²) >= 11 is 0.